The normalized spacial score (nSPS) is 25.5. The van der Waals surface area contributed by atoms with E-state index in [0.29, 0.717) is 30.6 Å². The van der Waals surface area contributed by atoms with Gasteiger partial charge in [-0.1, -0.05) is 5.16 Å². The molecule has 0 aromatic carbocycles. The number of fused-ring (bicyclic) bond motifs is 1. The molecule has 3 fully saturated rings. The minimum absolute atomic E-state index is 0.0827. The molecule has 2 unspecified atom stereocenters. The van der Waals surface area contributed by atoms with Crippen LogP contribution in [0.3, 0.4) is 0 Å². The fourth-order valence-corrected chi connectivity index (χ4v) is 8.08. The average molecular weight is 616 g/mol. The number of nitrogens with two attached hydrogens (primary N) is 1. The van der Waals surface area contributed by atoms with Gasteiger partial charge in [0.15, 0.2) is 10.8 Å². The Morgan fingerprint density at radius 3 is 2.67 bits per heavy atom. The molecule has 2 amide bonds. The lowest BCUT2D eigenvalue weighted by atomic mass is 9.98. The molecule has 1 aromatic rings. The highest BCUT2D eigenvalue weighted by atomic mass is 32.2. The van der Waals surface area contributed by atoms with Crippen LogP contribution in [0.15, 0.2) is 10.5 Å². The van der Waals surface area contributed by atoms with Crippen molar-refractivity contribution in [2.45, 2.75) is 49.8 Å². The summed E-state index contributed by atoms with van der Waals surface area (Å²) >= 11 is 3.88. The molecule has 16 heteroatoms. The lowest BCUT2D eigenvalue weighted by molar-refractivity contribution is -0.175. The zero-order valence-electron chi connectivity index (χ0n) is 22.4. The third-order valence-electron chi connectivity index (χ3n) is 6.72. The van der Waals surface area contributed by atoms with Gasteiger partial charge in [-0.05, 0) is 45.3 Å². The van der Waals surface area contributed by atoms with Crippen LogP contribution in [0.1, 0.15) is 39.3 Å². The van der Waals surface area contributed by atoms with E-state index in [1.54, 1.807) is 20.8 Å². The number of thioether (sulfide) groups is 2. The molecule has 3 aliphatic heterocycles. The number of rotatable bonds is 9. The first-order valence-electron chi connectivity index (χ1n) is 12.7. The summed E-state index contributed by atoms with van der Waals surface area (Å²) in [4.78, 5) is 56.9. The van der Waals surface area contributed by atoms with Crippen LogP contribution in [-0.4, -0.2) is 98.8 Å². The number of amides is 2. The van der Waals surface area contributed by atoms with E-state index in [1.807, 2.05) is 0 Å². The van der Waals surface area contributed by atoms with Gasteiger partial charge in [0.05, 0.1) is 5.41 Å². The number of carbonyl (C=O) groups excluding carboxylic acids is 4. The number of anilines is 1. The molecular weight excluding hydrogens is 582 g/mol. The van der Waals surface area contributed by atoms with E-state index in [0.717, 1.165) is 24.2 Å². The Balaban J connectivity index is 1.41. The molecule has 4 N–H and O–H groups in total. The molecule has 220 valence electrons. The number of hydrogen-bond acceptors (Lipinski definition) is 14. The second kappa shape index (κ2) is 12.5. The van der Waals surface area contributed by atoms with E-state index in [2.05, 4.69) is 15.5 Å². The van der Waals surface area contributed by atoms with E-state index in [9.17, 15) is 24.4 Å². The van der Waals surface area contributed by atoms with Gasteiger partial charge < -0.3 is 35.4 Å². The molecule has 0 radical (unpaired) electrons. The van der Waals surface area contributed by atoms with Crippen LogP contribution >= 0.6 is 34.9 Å². The average Bonchev–Trinajstić information content (AvgIpc) is 3.36. The molecule has 0 aliphatic carbocycles. The number of nitrogen functional groups attached to an aromatic ring is 1. The van der Waals surface area contributed by atoms with Gasteiger partial charge in [0.25, 0.3) is 5.91 Å². The first-order valence-corrected chi connectivity index (χ1v) is 15.6. The second-order valence-electron chi connectivity index (χ2n) is 10.7. The van der Waals surface area contributed by atoms with E-state index in [-0.39, 0.29) is 29.0 Å². The van der Waals surface area contributed by atoms with Crippen molar-refractivity contribution >= 4 is 69.5 Å². The monoisotopic (exact) mass is 615 g/mol. The minimum atomic E-state index is -1.08. The number of carbonyl (C=O) groups is 4. The zero-order valence-corrected chi connectivity index (χ0v) is 24.9. The quantitative estimate of drug-likeness (QED) is 0.0905. The highest BCUT2D eigenvalue weighted by Gasteiger charge is 2.58. The smallest absolute Gasteiger partial charge is 0.327 e. The number of nitrogens with one attached hydrogen (secondary N) is 1. The summed E-state index contributed by atoms with van der Waals surface area (Å²) < 4.78 is 14.9. The molecule has 4 rings (SSSR count). The van der Waals surface area contributed by atoms with Gasteiger partial charge in [0.2, 0.25) is 12.7 Å². The van der Waals surface area contributed by atoms with Gasteiger partial charge in [-0.2, -0.15) is 0 Å². The topological polar surface area (TPSA) is 183 Å². The minimum Gasteiger partial charge on any atom is -0.427 e. The molecule has 13 nitrogen and oxygen atoms in total. The number of hydrogen-bond donors (Lipinski definition) is 3. The van der Waals surface area contributed by atoms with Gasteiger partial charge in [-0.15, -0.1) is 34.9 Å². The number of β-lactam (4-membered cyclic amide) rings is 1. The van der Waals surface area contributed by atoms with Gasteiger partial charge in [0, 0.05) is 30.9 Å². The first kappa shape index (κ1) is 30.4. The molecule has 3 atom stereocenters. The van der Waals surface area contributed by atoms with Gasteiger partial charge in [-0.3, -0.25) is 19.2 Å². The van der Waals surface area contributed by atoms with Crippen molar-refractivity contribution in [3.05, 3.63) is 11.1 Å². The Hall–Kier alpha value is -2.56. The molecular formula is C24H33N5O8S3. The maximum Gasteiger partial charge on any atom is 0.327 e. The van der Waals surface area contributed by atoms with Crippen LogP contribution in [0.25, 0.3) is 0 Å². The number of nitrogens with zero attached hydrogens (tertiary/aromatic N) is 3. The highest BCUT2D eigenvalue weighted by Crippen LogP contribution is 2.45. The van der Waals surface area contributed by atoms with Crippen molar-refractivity contribution in [3.63, 3.8) is 0 Å². The summed E-state index contributed by atoms with van der Waals surface area (Å²) in [5, 5.41) is 16.3. The molecule has 3 aliphatic rings. The van der Waals surface area contributed by atoms with Crippen molar-refractivity contribution < 1.29 is 38.6 Å². The number of aromatic nitrogens is 1. The number of esters is 2. The molecule has 0 bridgehead atoms. The fourth-order valence-electron chi connectivity index (χ4n) is 4.32. The van der Waals surface area contributed by atoms with Crippen LogP contribution in [-0.2, 0) is 33.4 Å². The third kappa shape index (κ3) is 6.66. The summed E-state index contributed by atoms with van der Waals surface area (Å²) in [5.74, 6) is -0.836. The Labute approximate surface area is 243 Å². The number of ether oxygens (including phenoxy) is 3. The van der Waals surface area contributed by atoms with E-state index >= 15 is 0 Å². The van der Waals surface area contributed by atoms with Crippen LogP contribution in [0.5, 0.6) is 0 Å². The summed E-state index contributed by atoms with van der Waals surface area (Å²) in [6.45, 7) is 6.01. The Kier molecular flexibility index (Phi) is 9.52. The number of oxime groups is 1. The predicted molar refractivity (Wildman–Crippen MR) is 150 cm³/mol. The third-order valence-corrected chi connectivity index (χ3v) is 10.7. The molecule has 1 aromatic heterocycles. The lowest BCUT2D eigenvalue weighted by Crippen LogP contribution is -2.75. The maximum absolute atomic E-state index is 13.4. The Morgan fingerprint density at radius 2 is 2.05 bits per heavy atom. The lowest BCUT2D eigenvalue weighted by Gasteiger charge is -2.54. The van der Waals surface area contributed by atoms with Crippen molar-refractivity contribution in [1.82, 2.24) is 15.2 Å². The fraction of sp³-hybridized carbons (Fsp3) is 0.667. The van der Waals surface area contributed by atoms with Crippen LogP contribution in [0.4, 0.5) is 5.13 Å². The van der Waals surface area contributed by atoms with Crippen molar-refractivity contribution in [2.24, 2.45) is 16.5 Å². The van der Waals surface area contributed by atoms with Gasteiger partial charge >= 0.3 is 11.9 Å². The Bertz CT molecular complexity index is 1170. The summed E-state index contributed by atoms with van der Waals surface area (Å²) in [5.41, 5.74) is 4.61. The van der Waals surface area contributed by atoms with E-state index in [1.165, 1.54) is 33.8 Å². The highest BCUT2D eigenvalue weighted by molar-refractivity contribution is 8.05. The van der Waals surface area contributed by atoms with E-state index in [4.69, 9.17) is 19.9 Å². The SMILES string of the molecule is CC(C)(C)C(=O)OCOC(=O)C1(SCC2CCOCC2)CS[C@@H]2C(NC(=O)C(=NO)c3csc(N)n3)C(=O)N2C1. The first-order chi connectivity index (χ1) is 18.9. The van der Waals surface area contributed by atoms with Crippen molar-refractivity contribution in [3.8, 4) is 0 Å². The number of thiazole rings is 1. The molecule has 0 saturated carbocycles. The largest absolute Gasteiger partial charge is 0.427 e. The van der Waals surface area contributed by atoms with Gasteiger partial charge in [0.1, 0.15) is 21.9 Å². The maximum atomic E-state index is 13.4. The second-order valence-corrected chi connectivity index (χ2v) is 14.1. The Morgan fingerprint density at radius 1 is 1.32 bits per heavy atom. The predicted octanol–water partition coefficient (Wildman–Crippen LogP) is 1.29. The summed E-state index contributed by atoms with van der Waals surface area (Å²) in [6, 6.07) is -0.868. The summed E-state index contributed by atoms with van der Waals surface area (Å²) in [6.07, 6.45) is 1.76. The molecule has 0 spiro atoms. The molecule has 3 saturated heterocycles. The van der Waals surface area contributed by atoms with Crippen molar-refractivity contribution in [2.75, 3.05) is 43.8 Å². The van der Waals surface area contributed by atoms with Crippen molar-refractivity contribution in [1.29, 1.82) is 0 Å². The standard InChI is InChI=1S/C24H33N5O8S3/c1-23(2,3)20(32)36-12-37-21(33)24(40-8-13-4-6-35-7-5-13)10-29-18(31)16(19(29)39-11-24)27-17(30)15(28-34)14-9-38-22(25)26-14/h9,13,16,19,34H,4-8,10-12H2,1-3H3,(H2,25,26)(H,27,30)/t16?,19-,24?/m1/s1. The van der Waals surface area contributed by atoms with Crippen LogP contribution < -0.4 is 11.1 Å². The molecule has 40 heavy (non-hydrogen) atoms. The van der Waals surface area contributed by atoms with Crippen LogP contribution in [0, 0.1) is 11.3 Å². The summed E-state index contributed by atoms with van der Waals surface area (Å²) in [7, 11) is 0. The molecule has 4 heterocycles. The van der Waals surface area contributed by atoms with E-state index < -0.39 is 46.2 Å². The van der Waals surface area contributed by atoms with Gasteiger partial charge in [-0.25, -0.2) is 4.98 Å². The van der Waals surface area contributed by atoms with Crippen LogP contribution in [0.2, 0.25) is 0 Å². The zero-order chi connectivity index (χ0) is 29.1.